The van der Waals surface area contributed by atoms with Gasteiger partial charge in [0, 0.05) is 5.41 Å². The van der Waals surface area contributed by atoms with Gasteiger partial charge in [-0.15, -0.1) is 0 Å². The van der Waals surface area contributed by atoms with Crippen molar-refractivity contribution in [3.8, 4) is 0 Å². The second kappa shape index (κ2) is 2.95. The molecule has 2 nitrogen and oxygen atoms in total. The quantitative estimate of drug-likeness (QED) is 0.576. The summed E-state index contributed by atoms with van der Waals surface area (Å²) in [5.74, 6) is 0.435. The van der Waals surface area contributed by atoms with E-state index < -0.39 is 6.10 Å². The summed E-state index contributed by atoms with van der Waals surface area (Å²) in [5, 5.41) is 9.51. The van der Waals surface area contributed by atoms with Crippen LogP contribution in [0.2, 0.25) is 0 Å². The highest BCUT2D eigenvalue weighted by atomic mass is 16.3. The molecular formula is C11H16O2. The highest BCUT2D eigenvalue weighted by molar-refractivity contribution is 5.89. The zero-order valence-corrected chi connectivity index (χ0v) is 7.99. The maximum Gasteiger partial charge on any atom is 0.167 e. The Labute approximate surface area is 78.6 Å². The third-order valence-electron chi connectivity index (χ3n) is 3.63. The van der Waals surface area contributed by atoms with E-state index in [4.69, 9.17) is 0 Å². The highest BCUT2D eigenvalue weighted by Crippen LogP contribution is 2.45. The fourth-order valence-electron chi connectivity index (χ4n) is 2.61. The Morgan fingerprint density at radius 3 is 3.08 bits per heavy atom. The molecule has 1 saturated carbocycles. The van der Waals surface area contributed by atoms with Crippen molar-refractivity contribution in [1.29, 1.82) is 0 Å². The molecule has 72 valence electrons. The van der Waals surface area contributed by atoms with Crippen LogP contribution in [0.25, 0.3) is 0 Å². The molecule has 2 aliphatic rings. The van der Waals surface area contributed by atoms with E-state index in [1.54, 1.807) is 0 Å². The third-order valence-corrected chi connectivity index (χ3v) is 3.63. The Kier molecular flexibility index (Phi) is 2.03. The topological polar surface area (TPSA) is 37.3 Å². The van der Waals surface area contributed by atoms with Crippen molar-refractivity contribution in [2.75, 3.05) is 0 Å². The molecule has 1 N–H and O–H groups in total. The lowest BCUT2D eigenvalue weighted by Crippen LogP contribution is -2.47. The van der Waals surface area contributed by atoms with Crippen LogP contribution in [0.1, 0.15) is 32.6 Å². The SMILES string of the molecule is CC12CCC=CC1CCC(O)C2=O. The Morgan fingerprint density at radius 2 is 2.31 bits per heavy atom. The van der Waals surface area contributed by atoms with Crippen LogP contribution in [-0.2, 0) is 4.79 Å². The molecule has 0 bridgehead atoms. The van der Waals surface area contributed by atoms with E-state index in [1.165, 1.54) is 0 Å². The fourth-order valence-corrected chi connectivity index (χ4v) is 2.61. The van der Waals surface area contributed by atoms with Gasteiger partial charge >= 0.3 is 0 Å². The minimum absolute atomic E-state index is 0.0631. The van der Waals surface area contributed by atoms with Gasteiger partial charge in [-0.05, 0) is 31.6 Å². The molecule has 0 amide bonds. The van der Waals surface area contributed by atoms with E-state index in [1.807, 2.05) is 6.92 Å². The van der Waals surface area contributed by atoms with Gasteiger partial charge in [0.25, 0.3) is 0 Å². The minimum atomic E-state index is -0.701. The molecule has 2 aliphatic carbocycles. The number of rotatable bonds is 0. The first kappa shape index (κ1) is 8.95. The second-order valence-corrected chi connectivity index (χ2v) is 4.45. The van der Waals surface area contributed by atoms with Gasteiger partial charge in [0.1, 0.15) is 6.10 Å². The van der Waals surface area contributed by atoms with Crippen LogP contribution >= 0.6 is 0 Å². The van der Waals surface area contributed by atoms with Gasteiger partial charge in [-0.25, -0.2) is 0 Å². The first-order chi connectivity index (χ1) is 6.14. The minimum Gasteiger partial charge on any atom is -0.385 e. The maximum atomic E-state index is 11.8. The molecule has 0 saturated heterocycles. The predicted molar refractivity (Wildman–Crippen MR) is 50.2 cm³/mol. The van der Waals surface area contributed by atoms with Gasteiger partial charge in [-0.1, -0.05) is 19.1 Å². The lowest BCUT2D eigenvalue weighted by molar-refractivity contribution is -0.144. The molecule has 3 atom stereocenters. The summed E-state index contributed by atoms with van der Waals surface area (Å²) in [7, 11) is 0. The predicted octanol–water partition coefficient (Wildman–Crippen LogP) is 1.68. The molecule has 2 rings (SSSR count). The highest BCUT2D eigenvalue weighted by Gasteiger charge is 2.46. The van der Waals surface area contributed by atoms with Crippen molar-refractivity contribution in [1.82, 2.24) is 0 Å². The van der Waals surface area contributed by atoms with Crippen LogP contribution in [0.3, 0.4) is 0 Å². The van der Waals surface area contributed by atoms with Crippen molar-refractivity contribution in [2.24, 2.45) is 11.3 Å². The summed E-state index contributed by atoms with van der Waals surface area (Å²) in [6, 6.07) is 0. The zero-order valence-electron chi connectivity index (χ0n) is 7.99. The molecule has 0 heterocycles. The number of hydrogen-bond acceptors (Lipinski definition) is 2. The molecule has 0 aromatic heterocycles. The van der Waals surface area contributed by atoms with E-state index in [2.05, 4.69) is 12.2 Å². The Balaban J connectivity index is 2.30. The van der Waals surface area contributed by atoms with Gasteiger partial charge in [0.2, 0.25) is 0 Å². The van der Waals surface area contributed by atoms with E-state index >= 15 is 0 Å². The Morgan fingerprint density at radius 1 is 1.54 bits per heavy atom. The molecule has 0 aromatic carbocycles. The van der Waals surface area contributed by atoms with Crippen LogP contribution in [-0.4, -0.2) is 17.0 Å². The fraction of sp³-hybridized carbons (Fsp3) is 0.727. The average Bonchev–Trinajstić information content (AvgIpc) is 2.13. The molecule has 2 heteroatoms. The molecule has 3 unspecified atom stereocenters. The van der Waals surface area contributed by atoms with Crippen molar-refractivity contribution in [3.63, 3.8) is 0 Å². The summed E-state index contributed by atoms with van der Waals surface area (Å²) in [4.78, 5) is 11.8. The number of allylic oxidation sites excluding steroid dienone is 2. The maximum absolute atomic E-state index is 11.8. The molecule has 0 radical (unpaired) electrons. The molecule has 0 spiro atoms. The Hall–Kier alpha value is -0.630. The summed E-state index contributed by atoms with van der Waals surface area (Å²) in [5.41, 5.74) is -0.271. The first-order valence-corrected chi connectivity index (χ1v) is 5.03. The zero-order chi connectivity index (χ0) is 9.47. The monoisotopic (exact) mass is 180 g/mol. The summed E-state index contributed by atoms with van der Waals surface area (Å²) in [6.45, 7) is 2.01. The van der Waals surface area contributed by atoms with Crippen LogP contribution in [0.4, 0.5) is 0 Å². The lowest BCUT2D eigenvalue weighted by atomic mass is 9.61. The first-order valence-electron chi connectivity index (χ1n) is 5.03. The summed E-state index contributed by atoms with van der Waals surface area (Å²) in [6.07, 6.45) is 7.11. The standard InChI is InChI=1S/C11H16O2/c1-11-7-3-2-4-8(11)5-6-9(12)10(11)13/h2,4,8-9,12H,3,5-7H2,1H3. The lowest BCUT2D eigenvalue weighted by Gasteiger charge is -2.42. The van der Waals surface area contributed by atoms with Crippen molar-refractivity contribution in [3.05, 3.63) is 12.2 Å². The third kappa shape index (κ3) is 1.24. The largest absolute Gasteiger partial charge is 0.385 e. The van der Waals surface area contributed by atoms with Gasteiger partial charge in [0.15, 0.2) is 5.78 Å². The number of ketones is 1. The van der Waals surface area contributed by atoms with E-state index in [9.17, 15) is 9.90 Å². The van der Waals surface area contributed by atoms with Crippen molar-refractivity contribution in [2.45, 2.75) is 38.7 Å². The van der Waals surface area contributed by atoms with Gasteiger partial charge in [-0.3, -0.25) is 4.79 Å². The summed E-state index contributed by atoms with van der Waals surface area (Å²) >= 11 is 0. The van der Waals surface area contributed by atoms with E-state index in [-0.39, 0.29) is 11.2 Å². The van der Waals surface area contributed by atoms with Gasteiger partial charge < -0.3 is 5.11 Å². The molecule has 13 heavy (non-hydrogen) atoms. The second-order valence-electron chi connectivity index (χ2n) is 4.45. The van der Waals surface area contributed by atoms with E-state index in [0.717, 1.165) is 19.3 Å². The number of hydrogen-bond donors (Lipinski definition) is 1. The smallest absolute Gasteiger partial charge is 0.167 e. The number of aliphatic hydroxyl groups is 1. The van der Waals surface area contributed by atoms with Crippen LogP contribution < -0.4 is 0 Å². The number of carbonyl (C=O) groups excluding carboxylic acids is 1. The summed E-state index contributed by atoms with van der Waals surface area (Å²) < 4.78 is 0. The van der Waals surface area contributed by atoms with Gasteiger partial charge in [-0.2, -0.15) is 0 Å². The molecule has 0 aliphatic heterocycles. The Bertz CT molecular complexity index is 257. The number of Topliss-reactive ketones (excluding diaryl/α,β-unsaturated/α-hetero) is 1. The molecular weight excluding hydrogens is 164 g/mol. The van der Waals surface area contributed by atoms with Crippen LogP contribution in [0, 0.1) is 11.3 Å². The molecule has 0 aromatic rings. The van der Waals surface area contributed by atoms with Crippen molar-refractivity contribution < 1.29 is 9.90 Å². The average molecular weight is 180 g/mol. The number of fused-ring (bicyclic) bond motifs is 1. The number of carbonyl (C=O) groups is 1. The van der Waals surface area contributed by atoms with Crippen LogP contribution in [0.5, 0.6) is 0 Å². The van der Waals surface area contributed by atoms with Crippen LogP contribution in [0.15, 0.2) is 12.2 Å². The normalized spacial score (nSPS) is 44.6. The number of aliphatic hydroxyl groups excluding tert-OH is 1. The van der Waals surface area contributed by atoms with Crippen molar-refractivity contribution >= 4 is 5.78 Å². The van der Waals surface area contributed by atoms with Gasteiger partial charge in [0.05, 0.1) is 0 Å². The van der Waals surface area contributed by atoms with E-state index in [0.29, 0.717) is 12.3 Å². The molecule has 1 fully saturated rings.